The van der Waals surface area contributed by atoms with Gasteiger partial charge in [-0.15, -0.1) is 0 Å². The Morgan fingerprint density at radius 2 is 2.09 bits per heavy atom. The maximum atomic E-state index is 13.6. The van der Waals surface area contributed by atoms with Crippen LogP contribution in [0, 0.1) is 17.2 Å². The number of nitriles is 1. The van der Waals surface area contributed by atoms with E-state index in [9.17, 15) is 19.6 Å². The third-order valence-corrected chi connectivity index (χ3v) is 6.74. The topological polar surface area (TPSA) is 127 Å². The molecule has 2 aliphatic heterocycles. The Morgan fingerprint density at radius 1 is 1.26 bits per heavy atom. The number of aromatic amines is 1. The molecule has 0 spiro atoms. The smallest absolute Gasteiger partial charge is 0.271 e. The van der Waals surface area contributed by atoms with E-state index in [1.165, 1.54) is 4.90 Å². The van der Waals surface area contributed by atoms with Gasteiger partial charge in [0.05, 0.1) is 13.2 Å². The summed E-state index contributed by atoms with van der Waals surface area (Å²) in [5.41, 5.74) is 2.69. The molecule has 3 N–H and O–H groups in total. The Labute approximate surface area is 202 Å². The van der Waals surface area contributed by atoms with Crippen molar-refractivity contribution < 1.29 is 19.1 Å². The summed E-state index contributed by atoms with van der Waals surface area (Å²) in [6, 6.07) is 15.0. The molecule has 0 radical (unpaired) electrons. The molecule has 2 aromatic carbocycles. The first kappa shape index (κ1) is 22.5. The summed E-state index contributed by atoms with van der Waals surface area (Å²) < 4.78 is 5.41. The first-order valence-electron chi connectivity index (χ1n) is 11.5. The van der Waals surface area contributed by atoms with Crippen LogP contribution < -0.4 is 15.4 Å². The maximum Gasteiger partial charge on any atom is 0.271 e. The fourth-order valence-corrected chi connectivity index (χ4v) is 4.98. The van der Waals surface area contributed by atoms with Crippen LogP contribution in [0.4, 0.5) is 0 Å². The molecule has 0 bridgehead atoms. The van der Waals surface area contributed by atoms with E-state index in [0.29, 0.717) is 24.4 Å². The number of amides is 3. The highest BCUT2D eigenvalue weighted by atomic mass is 16.5. The first-order chi connectivity index (χ1) is 17.0. The minimum absolute atomic E-state index is 0.100. The van der Waals surface area contributed by atoms with Crippen molar-refractivity contribution in [3.05, 3.63) is 65.4 Å². The Kier molecular flexibility index (Phi) is 5.87. The van der Waals surface area contributed by atoms with E-state index >= 15 is 0 Å². The Balaban J connectivity index is 1.42. The van der Waals surface area contributed by atoms with Gasteiger partial charge in [0.1, 0.15) is 23.5 Å². The van der Waals surface area contributed by atoms with Gasteiger partial charge in [0.25, 0.3) is 5.91 Å². The predicted molar refractivity (Wildman–Crippen MR) is 127 cm³/mol. The van der Waals surface area contributed by atoms with E-state index in [1.54, 1.807) is 13.2 Å². The number of aromatic nitrogens is 1. The van der Waals surface area contributed by atoms with Crippen LogP contribution in [0.2, 0.25) is 0 Å². The number of H-pyrrole nitrogens is 1. The average Bonchev–Trinajstić information content (AvgIpc) is 3.59. The van der Waals surface area contributed by atoms with E-state index in [-0.39, 0.29) is 30.7 Å². The molecule has 2 unspecified atom stereocenters. The van der Waals surface area contributed by atoms with Gasteiger partial charge in [0.2, 0.25) is 11.8 Å². The predicted octanol–water partition coefficient (Wildman–Crippen LogP) is 2.41. The van der Waals surface area contributed by atoms with Crippen LogP contribution >= 0.6 is 0 Å². The molecule has 178 valence electrons. The van der Waals surface area contributed by atoms with Crippen LogP contribution in [0.25, 0.3) is 10.9 Å². The third-order valence-electron chi connectivity index (χ3n) is 6.74. The Bertz CT molecular complexity index is 1360. The third kappa shape index (κ3) is 4.08. The molecule has 9 nitrogen and oxygen atoms in total. The molecule has 9 heteroatoms. The molecule has 1 fully saturated rings. The number of hydrogen-bond donors (Lipinski definition) is 3. The van der Waals surface area contributed by atoms with Crippen molar-refractivity contribution in [1.29, 1.82) is 5.26 Å². The molecule has 3 amide bonds. The molecule has 35 heavy (non-hydrogen) atoms. The van der Waals surface area contributed by atoms with Crippen LogP contribution in [0.3, 0.4) is 0 Å². The van der Waals surface area contributed by atoms with Crippen LogP contribution in [0.5, 0.6) is 5.75 Å². The normalized spacial score (nSPS) is 19.7. The number of benzene rings is 2. The Morgan fingerprint density at radius 3 is 2.83 bits per heavy atom. The molecule has 0 aliphatic carbocycles. The number of nitrogens with one attached hydrogen (secondary N) is 3. The summed E-state index contributed by atoms with van der Waals surface area (Å²) in [7, 11) is 1.57. The lowest BCUT2D eigenvalue weighted by Gasteiger charge is -2.25. The molecule has 1 aromatic heterocycles. The molecule has 3 heterocycles. The SMILES string of the molecule is COc1cccc2[nH]c(C(=O)N3Cc4ccccc4C3C(=O)N[C@H](C#N)CC3CCNC3=O)cc12. The van der Waals surface area contributed by atoms with Crippen molar-refractivity contribution >= 4 is 28.6 Å². The van der Waals surface area contributed by atoms with E-state index in [1.807, 2.05) is 42.5 Å². The van der Waals surface area contributed by atoms with E-state index in [2.05, 4.69) is 21.7 Å². The number of hydrogen-bond acceptors (Lipinski definition) is 5. The summed E-state index contributed by atoms with van der Waals surface area (Å²) >= 11 is 0. The van der Waals surface area contributed by atoms with Gasteiger partial charge in [-0.3, -0.25) is 14.4 Å². The molecule has 3 aromatic rings. The highest BCUT2D eigenvalue weighted by Crippen LogP contribution is 2.36. The summed E-state index contributed by atoms with van der Waals surface area (Å²) in [6.45, 7) is 0.838. The minimum atomic E-state index is -0.889. The average molecular weight is 472 g/mol. The number of nitrogens with zero attached hydrogens (tertiary/aromatic N) is 2. The van der Waals surface area contributed by atoms with Gasteiger partial charge >= 0.3 is 0 Å². The number of ether oxygens (including phenoxy) is 1. The lowest BCUT2D eigenvalue weighted by Crippen LogP contribution is -2.44. The van der Waals surface area contributed by atoms with Crippen LogP contribution in [-0.2, 0) is 16.1 Å². The number of fused-ring (bicyclic) bond motifs is 2. The quantitative estimate of drug-likeness (QED) is 0.509. The second-order valence-corrected chi connectivity index (χ2v) is 8.84. The standard InChI is InChI=1S/C26H25N5O4/c1-35-22-8-4-7-20-19(22)12-21(30-20)26(34)31-14-16-5-2-3-6-18(16)23(31)25(33)29-17(13-27)11-15-9-10-28-24(15)32/h2-8,12,15,17,23,30H,9-11,14H2,1H3,(H,28,32)(H,29,33)/t15?,17-,23?/m0/s1. The van der Waals surface area contributed by atoms with Gasteiger partial charge in [0.15, 0.2) is 0 Å². The molecular formula is C26H25N5O4. The van der Waals surface area contributed by atoms with E-state index in [4.69, 9.17) is 4.74 Å². The second-order valence-electron chi connectivity index (χ2n) is 8.84. The van der Waals surface area contributed by atoms with Gasteiger partial charge in [0, 0.05) is 29.9 Å². The highest BCUT2D eigenvalue weighted by Gasteiger charge is 2.40. The zero-order chi connectivity index (χ0) is 24.5. The van der Waals surface area contributed by atoms with Gasteiger partial charge in [-0.25, -0.2) is 0 Å². The molecule has 5 rings (SSSR count). The molecule has 1 saturated heterocycles. The van der Waals surface area contributed by atoms with Gasteiger partial charge in [-0.1, -0.05) is 30.3 Å². The molecule has 2 aliphatic rings. The molecule has 3 atom stereocenters. The van der Waals surface area contributed by atoms with Gasteiger partial charge in [-0.05, 0) is 42.2 Å². The van der Waals surface area contributed by atoms with Crippen molar-refractivity contribution in [2.75, 3.05) is 13.7 Å². The number of rotatable bonds is 6. The fourth-order valence-electron chi connectivity index (χ4n) is 4.98. The fraction of sp³-hybridized carbons (Fsp3) is 0.308. The largest absolute Gasteiger partial charge is 0.496 e. The van der Waals surface area contributed by atoms with Gasteiger partial charge in [-0.2, -0.15) is 5.26 Å². The first-order valence-corrected chi connectivity index (χ1v) is 11.5. The van der Waals surface area contributed by atoms with Crippen molar-refractivity contribution in [3.63, 3.8) is 0 Å². The lowest BCUT2D eigenvalue weighted by molar-refractivity contribution is -0.127. The number of methoxy groups -OCH3 is 1. The lowest BCUT2D eigenvalue weighted by atomic mass is 9.98. The number of carbonyl (C=O) groups excluding carboxylic acids is 3. The summed E-state index contributed by atoms with van der Waals surface area (Å²) in [5, 5.41) is 15.9. The zero-order valence-corrected chi connectivity index (χ0v) is 19.2. The van der Waals surface area contributed by atoms with Crippen molar-refractivity contribution in [2.24, 2.45) is 5.92 Å². The minimum Gasteiger partial charge on any atom is -0.496 e. The highest BCUT2D eigenvalue weighted by molar-refractivity contribution is 6.02. The van der Waals surface area contributed by atoms with Crippen LogP contribution in [0.15, 0.2) is 48.5 Å². The Hall–Kier alpha value is -4.32. The molecular weight excluding hydrogens is 446 g/mol. The summed E-state index contributed by atoms with van der Waals surface area (Å²) in [5.74, 6) is -0.540. The van der Waals surface area contributed by atoms with Crippen LogP contribution in [-0.4, -0.2) is 47.3 Å². The van der Waals surface area contributed by atoms with Crippen molar-refractivity contribution in [2.45, 2.75) is 31.5 Å². The second kappa shape index (κ2) is 9.14. The van der Waals surface area contributed by atoms with E-state index < -0.39 is 18.0 Å². The van der Waals surface area contributed by atoms with Crippen molar-refractivity contribution in [1.82, 2.24) is 20.5 Å². The van der Waals surface area contributed by atoms with Crippen LogP contribution in [0.1, 0.15) is 40.5 Å². The van der Waals surface area contributed by atoms with Crippen molar-refractivity contribution in [3.8, 4) is 11.8 Å². The number of carbonyl (C=O) groups is 3. The van der Waals surface area contributed by atoms with E-state index in [0.717, 1.165) is 22.0 Å². The van der Waals surface area contributed by atoms with Gasteiger partial charge < -0.3 is 25.3 Å². The zero-order valence-electron chi connectivity index (χ0n) is 19.2. The molecule has 0 saturated carbocycles. The monoisotopic (exact) mass is 471 g/mol. The summed E-state index contributed by atoms with van der Waals surface area (Å²) in [6.07, 6.45) is 0.867. The summed E-state index contributed by atoms with van der Waals surface area (Å²) in [4.78, 5) is 43.7. The maximum absolute atomic E-state index is 13.6.